The highest BCUT2D eigenvalue weighted by molar-refractivity contribution is 7.10. The first kappa shape index (κ1) is 25.4. The van der Waals surface area contributed by atoms with E-state index in [0.717, 1.165) is 30.5 Å². The van der Waals surface area contributed by atoms with Gasteiger partial charge in [0.15, 0.2) is 0 Å². The molecule has 0 radical (unpaired) electrons. The lowest BCUT2D eigenvalue weighted by Gasteiger charge is -2.37. The SMILES string of the molecule is CCCN(CC(=O)N1CCc2sccc2[C@H]1COc1cccc(F)c1)C[C@H](O)Cc1ccccc1. The number of carbonyl (C=O) groups excluding carboxylic acids is 1. The highest BCUT2D eigenvalue weighted by atomic mass is 32.1. The first-order valence-electron chi connectivity index (χ1n) is 12.2. The summed E-state index contributed by atoms with van der Waals surface area (Å²) in [6.07, 6.45) is 1.72. The summed E-state index contributed by atoms with van der Waals surface area (Å²) >= 11 is 1.70. The molecule has 186 valence electrons. The molecule has 3 aromatic rings. The van der Waals surface area contributed by atoms with E-state index >= 15 is 0 Å². The van der Waals surface area contributed by atoms with E-state index in [1.807, 2.05) is 40.1 Å². The van der Waals surface area contributed by atoms with Crippen LogP contribution in [0.2, 0.25) is 0 Å². The maximum Gasteiger partial charge on any atom is 0.237 e. The summed E-state index contributed by atoms with van der Waals surface area (Å²) in [7, 11) is 0. The summed E-state index contributed by atoms with van der Waals surface area (Å²) in [6.45, 7) is 4.39. The van der Waals surface area contributed by atoms with Crippen LogP contribution in [0.25, 0.3) is 0 Å². The van der Waals surface area contributed by atoms with E-state index in [9.17, 15) is 14.3 Å². The van der Waals surface area contributed by atoms with Crippen LogP contribution in [0.3, 0.4) is 0 Å². The van der Waals surface area contributed by atoms with Crippen molar-refractivity contribution in [3.8, 4) is 5.75 Å². The fourth-order valence-electron chi connectivity index (χ4n) is 4.69. The molecule has 7 heteroatoms. The molecule has 1 aliphatic heterocycles. The van der Waals surface area contributed by atoms with E-state index < -0.39 is 6.10 Å². The van der Waals surface area contributed by atoms with Gasteiger partial charge in [-0.05, 0) is 60.5 Å². The Hall–Kier alpha value is -2.74. The molecule has 0 saturated carbocycles. The Balaban J connectivity index is 1.42. The molecule has 0 unspecified atom stereocenters. The number of benzene rings is 2. The number of halogens is 1. The quantitative estimate of drug-likeness (QED) is 0.418. The molecule has 0 saturated heterocycles. The van der Waals surface area contributed by atoms with Crippen LogP contribution in [0.15, 0.2) is 66.0 Å². The predicted octanol–water partition coefficient (Wildman–Crippen LogP) is 4.71. The molecule has 0 bridgehead atoms. The third kappa shape index (κ3) is 6.90. The van der Waals surface area contributed by atoms with E-state index in [0.29, 0.717) is 25.3 Å². The minimum atomic E-state index is -0.548. The third-order valence-corrected chi connectivity index (χ3v) is 7.30. The summed E-state index contributed by atoms with van der Waals surface area (Å²) in [5.41, 5.74) is 2.19. The average molecular weight is 497 g/mol. The number of fused-ring (bicyclic) bond motifs is 1. The lowest BCUT2D eigenvalue weighted by atomic mass is 10.00. The monoisotopic (exact) mass is 496 g/mol. The Morgan fingerprint density at radius 3 is 2.83 bits per heavy atom. The van der Waals surface area contributed by atoms with Gasteiger partial charge in [0.05, 0.1) is 18.7 Å². The van der Waals surface area contributed by atoms with Gasteiger partial charge in [0.2, 0.25) is 5.91 Å². The number of rotatable bonds is 11. The van der Waals surface area contributed by atoms with Crippen LogP contribution in [0.1, 0.15) is 35.4 Å². The largest absolute Gasteiger partial charge is 0.491 e. The Bertz CT molecular complexity index is 1090. The van der Waals surface area contributed by atoms with E-state index in [1.54, 1.807) is 23.5 Å². The second-order valence-electron chi connectivity index (χ2n) is 9.00. The molecule has 0 fully saturated rings. The van der Waals surface area contributed by atoms with Crippen molar-refractivity contribution in [1.29, 1.82) is 0 Å². The number of nitrogens with zero attached hydrogens (tertiary/aromatic N) is 2. The number of amides is 1. The molecule has 1 N–H and O–H groups in total. The topological polar surface area (TPSA) is 53.0 Å². The number of carbonyl (C=O) groups is 1. The first-order chi connectivity index (χ1) is 17.0. The summed E-state index contributed by atoms with van der Waals surface area (Å²) < 4.78 is 19.5. The van der Waals surface area contributed by atoms with Gasteiger partial charge in [-0.15, -0.1) is 11.3 Å². The van der Waals surface area contributed by atoms with Crippen LogP contribution < -0.4 is 4.74 Å². The molecule has 2 aromatic carbocycles. The third-order valence-electron chi connectivity index (χ3n) is 6.30. The Morgan fingerprint density at radius 1 is 1.23 bits per heavy atom. The minimum absolute atomic E-state index is 0.0232. The molecule has 0 spiro atoms. The lowest BCUT2D eigenvalue weighted by molar-refractivity contribution is -0.136. The number of aliphatic hydroxyl groups excluding tert-OH is 1. The highest BCUT2D eigenvalue weighted by Crippen LogP contribution is 2.34. The number of aliphatic hydroxyl groups is 1. The number of hydrogen-bond acceptors (Lipinski definition) is 5. The van der Waals surface area contributed by atoms with Gasteiger partial charge in [0.1, 0.15) is 18.2 Å². The molecule has 1 aliphatic rings. The van der Waals surface area contributed by atoms with Gasteiger partial charge in [0, 0.05) is 24.0 Å². The summed E-state index contributed by atoms with van der Waals surface area (Å²) in [4.78, 5) is 18.7. The first-order valence-corrected chi connectivity index (χ1v) is 13.1. The minimum Gasteiger partial charge on any atom is -0.491 e. The fourth-order valence-corrected chi connectivity index (χ4v) is 5.62. The van der Waals surface area contributed by atoms with Crippen molar-refractivity contribution in [2.75, 3.05) is 32.8 Å². The molecule has 0 aliphatic carbocycles. The van der Waals surface area contributed by atoms with E-state index in [-0.39, 0.29) is 30.9 Å². The van der Waals surface area contributed by atoms with Crippen LogP contribution in [-0.4, -0.2) is 59.7 Å². The molecule has 4 rings (SSSR count). The zero-order valence-corrected chi connectivity index (χ0v) is 20.9. The van der Waals surface area contributed by atoms with Crippen LogP contribution in [0, 0.1) is 5.82 Å². The highest BCUT2D eigenvalue weighted by Gasteiger charge is 2.33. The Morgan fingerprint density at radius 2 is 2.06 bits per heavy atom. The normalized spacial score (nSPS) is 16.2. The second kappa shape index (κ2) is 12.3. The van der Waals surface area contributed by atoms with Crippen molar-refractivity contribution in [1.82, 2.24) is 9.80 Å². The average Bonchev–Trinajstić information content (AvgIpc) is 3.32. The van der Waals surface area contributed by atoms with Gasteiger partial charge in [-0.2, -0.15) is 0 Å². The van der Waals surface area contributed by atoms with Crippen molar-refractivity contribution in [2.45, 2.75) is 38.3 Å². The molecule has 5 nitrogen and oxygen atoms in total. The molecule has 1 amide bonds. The van der Waals surface area contributed by atoms with Crippen LogP contribution >= 0.6 is 11.3 Å². The summed E-state index contributed by atoms with van der Waals surface area (Å²) in [5, 5.41) is 12.7. The number of thiophene rings is 1. The maximum atomic E-state index is 13.6. The Labute approximate surface area is 210 Å². The van der Waals surface area contributed by atoms with Crippen molar-refractivity contribution in [3.05, 3.63) is 87.9 Å². The van der Waals surface area contributed by atoms with Gasteiger partial charge < -0.3 is 14.7 Å². The van der Waals surface area contributed by atoms with Gasteiger partial charge in [0.25, 0.3) is 0 Å². The molecular weight excluding hydrogens is 463 g/mol. The molecule has 2 atom stereocenters. The van der Waals surface area contributed by atoms with E-state index in [1.165, 1.54) is 17.0 Å². The van der Waals surface area contributed by atoms with Crippen molar-refractivity contribution >= 4 is 17.2 Å². The number of ether oxygens (including phenoxy) is 1. The van der Waals surface area contributed by atoms with Gasteiger partial charge in [-0.3, -0.25) is 9.69 Å². The van der Waals surface area contributed by atoms with Gasteiger partial charge in [-0.1, -0.05) is 43.3 Å². The maximum absolute atomic E-state index is 13.6. The zero-order valence-electron chi connectivity index (χ0n) is 20.1. The van der Waals surface area contributed by atoms with Gasteiger partial charge >= 0.3 is 0 Å². The summed E-state index contributed by atoms with van der Waals surface area (Å²) in [5.74, 6) is 0.131. The lowest BCUT2D eigenvalue weighted by Crippen LogP contribution is -2.48. The van der Waals surface area contributed by atoms with Crippen LogP contribution in [0.5, 0.6) is 5.75 Å². The zero-order chi connectivity index (χ0) is 24.6. The van der Waals surface area contributed by atoms with Crippen LogP contribution in [-0.2, 0) is 17.6 Å². The van der Waals surface area contributed by atoms with Gasteiger partial charge in [-0.25, -0.2) is 4.39 Å². The van der Waals surface area contributed by atoms with E-state index in [4.69, 9.17) is 4.74 Å². The Kier molecular flexibility index (Phi) is 8.90. The standard InChI is InChI=1S/C28H33FN2O3S/c1-2-13-30(18-23(32)16-21-7-4-3-5-8-21)19-28(33)31-14-11-27-25(12-15-35-27)26(31)20-34-24-10-6-9-22(29)17-24/h3-10,12,15,17,23,26,32H,2,11,13-14,16,18-20H2,1H3/t23-,26-/m1/s1. The second-order valence-corrected chi connectivity index (χ2v) is 10.00. The van der Waals surface area contributed by atoms with Crippen LogP contribution in [0.4, 0.5) is 4.39 Å². The van der Waals surface area contributed by atoms with Crippen molar-refractivity contribution in [2.24, 2.45) is 0 Å². The number of hydrogen-bond donors (Lipinski definition) is 1. The molecule has 2 heterocycles. The van der Waals surface area contributed by atoms with Crippen molar-refractivity contribution < 1.29 is 19.0 Å². The van der Waals surface area contributed by atoms with E-state index in [2.05, 4.69) is 18.4 Å². The fraction of sp³-hybridized carbons (Fsp3) is 0.393. The smallest absolute Gasteiger partial charge is 0.237 e. The van der Waals surface area contributed by atoms with Crippen molar-refractivity contribution in [3.63, 3.8) is 0 Å². The molecule has 35 heavy (non-hydrogen) atoms. The molecule has 1 aromatic heterocycles. The predicted molar refractivity (Wildman–Crippen MR) is 137 cm³/mol. The molecular formula is C28H33FN2O3S. The summed E-state index contributed by atoms with van der Waals surface area (Å²) in [6, 6.07) is 17.8.